The molecule has 3 aromatic rings. The van der Waals surface area contributed by atoms with Gasteiger partial charge in [0.15, 0.2) is 0 Å². The first-order valence-corrected chi connectivity index (χ1v) is 11.7. The van der Waals surface area contributed by atoms with Crippen LogP contribution in [0.25, 0.3) is 0 Å². The van der Waals surface area contributed by atoms with E-state index in [9.17, 15) is 4.79 Å². The Bertz CT molecular complexity index is 941. The minimum Gasteiger partial charge on any atom is -0.353 e. The summed E-state index contributed by atoms with van der Waals surface area (Å²) in [6.07, 6.45) is 3.22. The third kappa shape index (κ3) is 6.60. The Balaban J connectivity index is 1.39. The van der Waals surface area contributed by atoms with Crippen molar-refractivity contribution in [3.63, 3.8) is 0 Å². The maximum Gasteiger partial charge on any atom is 0.239 e. The predicted octanol–water partition coefficient (Wildman–Crippen LogP) is 3.35. The summed E-state index contributed by atoms with van der Waals surface area (Å²) >= 11 is 1.36. The van der Waals surface area contributed by atoms with Gasteiger partial charge in [0.05, 0.1) is 6.54 Å². The first kappa shape index (κ1) is 21.5. The molecule has 2 aromatic carbocycles. The van der Waals surface area contributed by atoms with Gasteiger partial charge in [-0.1, -0.05) is 60.7 Å². The second-order valence-corrected chi connectivity index (χ2v) is 8.63. The molecule has 0 aliphatic carbocycles. The molecule has 1 N–H and O–H groups in total. The predicted molar refractivity (Wildman–Crippen MR) is 125 cm³/mol. The van der Waals surface area contributed by atoms with Crippen LogP contribution in [0.3, 0.4) is 0 Å². The van der Waals surface area contributed by atoms with E-state index < -0.39 is 0 Å². The number of rotatable bonds is 10. The molecule has 1 fully saturated rings. The second kappa shape index (κ2) is 11.0. The lowest BCUT2D eigenvalue weighted by Gasteiger charge is -2.21. The molecule has 162 valence electrons. The van der Waals surface area contributed by atoms with Crippen LogP contribution in [0.1, 0.15) is 29.8 Å². The summed E-state index contributed by atoms with van der Waals surface area (Å²) < 4.78 is 4.55. The fraction of sp³-hybridized carbons (Fsp3) is 0.375. The summed E-state index contributed by atoms with van der Waals surface area (Å²) in [4.78, 5) is 21.8. The third-order valence-corrected chi connectivity index (χ3v) is 6.25. The molecule has 2 heterocycles. The number of carbonyl (C=O) groups is 1. The Labute approximate surface area is 188 Å². The van der Waals surface area contributed by atoms with Gasteiger partial charge in [-0.2, -0.15) is 4.37 Å². The van der Waals surface area contributed by atoms with Crippen molar-refractivity contribution in [1.82, 2.24) is 19.6 Å². The molecule has 31 heavy (non-hydrogen) atoms. The van der Waals surface area contributed by atoms with Crippen molar-refractivity contribution in [3.05, 3.63) is 77.6 Å². The van der Waals surface area contributed by atoms with E-state index in [2.05, 4.69) is 38.9 Å². The summed E-state index contributed by atoms with van der Waals surface area (Å²) in [5.74, 6) is 0.814. The highest BCUT2D eigenvalue weighted by molar-refractivity contribution is 7.09. The van der Waals surface area contributed by atoms with Crippen LogP contribution >= 0.6 is 11.5 Å². The van der Waals surface area contributed by atoms with Crippen molar-refractivity contribution >= 4 is 22.6 Å². The van der Waals surface area contributed by atoms with Gasteiger partial charge in [0.1, 0.15) is 5.82 Å². The van der Waals surface area contributed by atoms with Crippen molar-refractivity contribution in [2.75, 3.05) is 37.6 Å². The SMILES string of the molecule is O=C(CN(Cc1ccccc1)c1nc(Cc2ccccc2)ns1)NCCN1CCCC1. The number of hydrogen-bond donors (Lipinski definition) is 1. The number of aromatic nitrogens is 2. The average Bonchev–Trinajstić information content (AvgIpc) is 3.47. The van der Waals surface area contributed by atoms with E-state index in [1.807, 2.05) is 41.3 Å². The van der Waals surface area contributed by atoms with Gasteiger partial charge in [0, 0.05) is 37.6 Å². The molecule has 0 radical (unpaired) electrons. The van der Waals surface area contributed by atoms with Crippen LogP contribution < -0.4 is 10.2 Å². The normalized spacial score (nSPS) is 13.9. The molecule has 7 heteroatoms. The second-order valence-electron chi connectivity index (χ2n) is 7.90. The van der Waals surface area contributed by atoms with E-state index in [1.165, 1.54) is 29.9 Å². The Morgan fingerprint density at radius 3 is 2.39 bits per heavy atom. The molecule has 1 aromatic heterocycles. The maximum absolute atomic E-state index is 12.7. The summed E-state index contributed by atoms with van der Waals surface area (Å²) in [7, 11) is 0. The fourth-order valence-electron chi connectivity index (χ4n) is 3.81. The lowest BCUT2D eigenvalue weighted by Crippen LogP contribution is -2.40. The monoisotopic (exact) mass is 435 g/mol. The van der Waals surface area contributed by atoms with E-state index >= 15 is 0 Å². The van der Waals surface area contributed by atoms with Crippen LogP contribution in [0.5, 0.6) is 0 Å². The van der Waals surface area contributed by atoms with Gasteiger partial charge in [0.25, 0.3) is 0 Å². The Hall–Kier alpha value is -2.77. The summed E-state index contributed by atoms with van der Waals surface area (Å²) in [6.45, 7) is 4.79. The van der Waals surface area contributed by atoms with Gasteiger partial charge in [-0.15, -0.1) is 0 Å². The van der Waals surface area contributed by atoms with Gasteiger partial charge in [-0.05, 0) is 37.1 Å². The highest BCUT2D eigenvalue weighted by Crippen LogP contribution is 2.21. The highest BCUT2D eigenvalue weighted by atomic mass is 32.1. The van der Waals surface area contributed by atoms with Gasteiger partial charge in [0.2, 0.25) is 11.0 Å². The summed E-state index contributed by atoms with van der Waals surface area (Å²) in [5, 5.41) is 3.86. The number of benzene rings is 2. The third-order valence-electron chi connectivity index (χ3n) is 5.43. The van der Waals surface area contributed by atoms with Crippen LogP contribution in [0.15, 0.2) is 60.7 Å². The Kier molecular flexibility index (Phi) is 7.63. The Morgan fingerprint density at radius 2 is 1.68 bits per heavy atom. The smallest absolute Gasteiger partial charge is 0.239 e. The first-order valence-electron chi connectivity index (χ1n) is 10.9. The standard InChI is InChI=1S/C24H29N5OS/c30-23(25-13-16-28-14-7-8-15-28)19-29(18-21-11-5-2-6-12-21)24-26-22(27-31-24)17-20-9-3-1-4-10-20/h1-6,9-12H,7-8,13-19H2,(H,25,30). The molecule has 0 bridgehead atoms. The topological polar surface area (TPSA) is 61.4 Å². The number of likely N-dealkylation sites (tertiary alicyclic amines) is 1. The fourth-order valence-corrected chi connectivity index (χ4v) is 4.49. The molecule has 0 spiro atoms. The van der Waals surface area contributed by atoms with Gasteiger partial charge >= 0.3 is 0 Å². The number of amides is 1. The lowest BCUT2D eigenvalue weighted by molar-refractivity contribution is -0.119. The minimum atomic E-state index is 0.0231. The zero-order valence-corrected chi connectivity index (χ0v) is 18.6. The van der Waals surface area contributed by atoms with E-state index in [0.29, 0.717) is 19.5 Å². The molecule has 1 aliphatic heterocycles. The molecule has 0 saturated carbocycles. The van der Waals surface area contributed by atoms with Gasteiger partial charge in [-0.3, -0.25) is 4.79 Å². The van der Waals surface area contributed by atoms with Crippen molar-refractivity contribution < 1.29 is 4.79 Å². The van der Waals surface area contributed by atoms with Crippen molar-refractivity contribution in [3.8, 4) is 0 Å². The molecule has 0 unspecified atom stereocenters. The number of nitrogens with zero attached hydrogens (tertiary/aromatic N) is 4. The van der Waals surface area contributed by atoms with Crippen LogP contribution in [-0.4, -0.2) is 52.9 Å². The Morgan fingerprint density at radius 1 is 1.00 bits per heavy atom. The molecule has 4 rings (SSSR count). The van der Waals surface area contributed by atoms with Gasteiger partial charge in [-0.25, -0.2) is 4.98 Å². The maximum atomic E-state index is 12.7. The van der Waals surface area contributed by atoms with Crippen LogP contribution in [0, 0.1) is 0 Å². The molecule has 1 amide bonds. The molecule has 0 atom stereocenters. The summed E-state index contributed by atoms with van der Waals surface area (Å²) in [5.41, 5.74) is 2.33. The lowest BCUT2D eigenvalue weighted by atomic mass is 10.1. The van der Waals surface area contributed by atoms with Crippen LogP contribution in [0.2, 0.25) is 0 Å². The van der Waals surface area contributed by atoms with Crippen LogP contribution in [0.4, 0.5) is 5.13 Å². The molecule has 1 saturated heterocycles. The zero-order chi connectivity index (χ0) is 21.3. The zero-order valence-electron chi connectivity index (χ0n) is 17.7. The molecular formula is C24H29N5OS. The first-order chi connectivity index (χ1) is 15.3. The van der Waals surface area contributed by atoms with Crippen molar-refractivity contribution in [2.45, 2.75) is 25.8 Å². The quantitative estimate of drug-likeness (QED) is 0.529. The van der Waals surface area contributed by atoms with E-state index in [4.69, 9.17) is 4.98 Å². The van der Waals surface area contributed by atoms with E-state index in [0.717, 1.165) is 36.2 Å². The largest absolute Gasteiger partial charge is 0.353 e. The average molecular weight is 436 g/mol. The number of hydrogen-bond acceptors (Lipinski definition) is 6. The van der Waals surface area contributed by atoms with E-state index in [-0.39, 0.29) is 12.5 Å². The molecule has 6 nitrogen and oxygen atoms in total. The summed E-state index contributed by atoms with van der Waals surface area (Å²) in [6, 6.07) is 20.4. The highest BCUT2D eigenvalue weighted by Gasteiger charge is 2.18. The number of nitrogens with one attached hydrogen (secondary N) is 1. The number of carbonyl (C=O) groups excluding carboxylic acids is 1. The van der Waals surface area contributed by atoms with Crippen molar-refractivity contribution in [2.24, 2.45) is 0 Å². The number of anilines is 1. The van der Waals surface area contributed by atoms with Crippen LogP contribution in [-0.2, 0) is 17.8 Å². The molecular weight excluding hydrogens is 406 g/mol. The minimum absolute atomic E-state index is 0.0231. The molecule has 1 aliphatic rings. The van der Waals surface area contributed by atoms with E-state index in [1.54, 1.807) is 0 Å². The van der Waals surface area contributed by atoms with Gasteiger partial charge < -0.3 is 15.1 Å². The van der Waals surface area contributed by atoms with Crippen molar-refractivity contribution in [1.29, 1.82) is 0 Å².